The van der Waals surface area contributed by atoms with Crippen LogP contribution >= 0.6 is 0 Å². The molecule has 7 nitrogen and oxygen atoms in total. The molecule has 0 fully saturated rings. The smallest absolute Gasteiger partial charge is 0.343 e. The molecule has 0 aliphatic carbocycles. The van der Waals surface area contributed by atoms with E-state index in [2.05, 4.69) is 15.0 Å². The van der Waals surface area contributed by atoms with Gasteiger partial charge in [-0.2, -0.15) is 0 Å². The van der Waals surface area contributed by atoms with Crippen LogP contribution in [-0.2, 0) is 9.53 Å². The number of anilines is 2. The Balaban J connectivity index is 1.60. The van der Waals surface area contributed by atoms with E-state index in [1.165, 1.54) is 7.11 Å². The average Bonchev–Trinajstić information content (AvgIpc) is 3.33. The molecule has 5 rings (SSSR count). The Kier molecular flexibility index (Phi) is 6.53. The topological polar surface area (TPSA) is 82.8 Å². The summed E-state index contributed by atoms with van der Waals surface area (Å²) in [5.74, 6) is 2.24. The number of nitrogens with zero attached hydrogens (tertiary/aromatic N) is 1. The van der Waals surface area contributed by atoms with Crippen molar-refractivity contribution in [3.63, 3.8) is 0 Å². The van der Waals surface area contributed by atoms with E-state index in [4.69, 9.17) is 13.9 Å². The lowest BCUT2D eigenvalue weighted by atomic mass is 9.98. The van der Waals surface area contributed by atoms with Crippen molar-refractivity contribution in [1.29, 1.82) is 0 Å². The van der Waals surface area contributed by atoms with Gasteiger partial charge in [0.15, 0.2) is 6.61 Å². The third-order valence-electron chi connectivity index (χ3n) is 5.70. The second kappa shape index (κ2) is 10.2. The molecule has 0 aliphatic heterocycles. The van der Waals surface area contributed by atoms with Crippen molar-refractivity contribution in [1.82, 2.24) is 4.98 Å². The minimum Gasteiger partial charge on any atom is -0.497 e. The summed E-state index contributed by atoms with van der Waals surface area (Å²) in [5, 5.41) is 4.24. The zero-order valence-corrected chi connectivity index (χ0v) is 19.9. The summed E-state index contributed by atoms with van der Waals surface area (Å²) in [6.07, 6.45) is 1.71. The third kappa shape index (κ3) is 4.72. The maximum Gasteiger partial charge on any atom is 0.343 e. The molecule has 180 valence electrons. The summed E-state index contributed by atoms with van der Waals surface area (Å²) in [4.78, 5) is 16.1. The lowest BCUT2D eigenvalue weighted by molar-refractivity contribution is -0.142. The van der Waals surface area contributed by atoms with Gasteiger partial charge in [-0.25, -0.2) is 9.78 Å². The first-order chi connectivity index (χ1) is 17.7. The number of hydrogen-bond donors (Lipinski definition) is 1. The van der Waals surface area contributed by atoms with Crippen LogP contribution in [0.5, 0.6) is 11.5 Å². The van der Waals surface area contributed by atoms with Crippen LogP contribution in [0.25, 0.3) is 33.4 Å². The van der Waals surface area contributed by atoms with E-state index in [1.807, 2.05) is 72.8 Å². The van der Waals surface area contributed by atoms with Crippen LogP contribution in [0, 0.1) is 0 Å². The summed E-state index contributed by atoms with van der Waals surface area (Å²) in [6, 6.07) is 27.0. The van der Waals surface area contributed by atoms with E-state index in [1.54, 1.807) is 25.4 Å². The van der Waals surface area contributed by atoms with Crippen molar-refractivity contribution >= 4 is 28.4 Å². The number of aromatic nitrogens is 1. The molecule has 0 amide bonds. The Hall–Kier alpha value is -4.78. The fourth-order valence-electron chi connectivity index (χ4n) is 3.97. The maximum absolute atomic E-state index is 11.4. The first-order valence-electron chi connectivity index (χ1n) is 11.3. The summed E-state index contributed by atoms with van der Waals surface area (Å²) in [5.41, 5.74) is 4.31. The molecular formula is C29H24N2O5. The van der Waals surface area contributed by atoms with Gasteiger partial charge in [-0.3, -0.25) is 0 Å². The zero-order valence-electron chi connectivity index (χ0n) is 19.9. The van der Waals surface area contributed by atoms with Crippen molar-refractivity contribution in [3.8, 4) is 33.9 Å². The van der Waals surface area contributed by atoms with Crippen LogP contribution in [0.15, 0.2) is 95.5 Å². The number of benzene rings is 3. The van der Waals surface area contributed by atoms with Gasteiger partial charge < -0.3 is 23.9 Å². The highest BCUT2D eigenvalue weighted by atomic mass is 16.6. The molecular weight excluding hydrogens is 456 g/mol. The zero-order chi connectivity index (χ0) is 24.9. The number of hydrogen-bond acceptors (Lipinski definition) is 7. The van der Waals surface area contributed by atoms with Crippen molar-refractivity contribution in [2.45, 2.75) is 0 Å². The van der Waals surface area contributed by atoms with Crippen molar-refractivity contribution in [3.05, 3.63) is 91.1 Å². The molecule has 2 aromatic heterocycles. The van der Waals surface area contributed by atoms with E-state index in [0.717, 1.165) is 39.3 Å². The monoisotopic (exact) mass is 480 g/mol. The van der Waals surface area contributed by atoms with Gasteiger partial charge in [0.1, 0.15) is 28.7 Å². The average molecular weight is 481 g/mol. The number of carbonyl (C=O) groups is 1. The number of ether oxygens (including phenoxy) is 3. The number of nitrogens with one attached hydrogen (secondary N) is 1. The number of methoxy groups -OCH3 is 2. The summed E-state index contributed by atoms with van der Waals surface area (Å²) in [7, 11) is 2.97. The molecule has 5 aromatic rings. The Labute approximate surface area is 208 Å². The van der Waals surface area contributed by atoms with Gasteiger partial charge >= 0.3 is 5.97 Å². The van der Waals surface area contributed by atoms with Crippen LogP contribution in [0.4, 0.5) is 11.5 Å². The molecule has 3 aromatic carbocycles. The Morgan fingerprint density at radius 3 is 2.44 bits per heavy atom. The van der Waals surface area contributed by atoms with E-state index >= 15 is 0 Å². The molecule has 0 saturated carbocycles. The fraction of sp³-hybridized carbons (Fsp3) is 0.103. The predicted octanol–water partition coefficient (Wildman–Crippen LogP) is 6.47. The van der Waals surface area contributed by atoms with E-state index < -0.39 is 5.97 Å². The lowest BCUT2D eigenvalue weighted by Crippen LogP contribution is -2.12. The fourth-order valence-corrected chi connectivity index (χ4v) is 3.97. The molecule has 0 aliphatic rings. The molecule has 0 radical (unpaired) electrons. The molecule has 1 N–H and O–H groups in total. The first kappa shape index (κ1) is 23.0. The maximum atomic E-state index is 11.4. The molecule has 2 heterocycles. The number of esters is 1. The van der Waals surface area contributed by atoms with E-state index in [-0.39, 0.29) is 6.61 Å². The van der Waals surface area contributed by atoms with Crippen LogP contribution in [-0.4, -0.2) is 31.8 Å². The molecule has 0 bridgehead atoms. The molecule has 36 heavy (non-hydrogen) atoms. The van der Waals surface area contributed by atoms with E-state index in [0.29, 0.717) is 17.2 Å². The standard InChI is InChI=1S/C29H24N2O5/c1-33-22-13-11-19(12-14-22)26-27-24(36-28(26)20-7-4-3-5-8-20)15-16-30-29(27)31-21-9-6-10-23(17-21)35-18-25(32)34-2/h3-17H,18H2,1-2H3,(H,30,31). The van der Waals surface area contributed by atoms with Gasteiger partial charge in [-0.15, -0.1) is 0 Å². The van der Waals surface area contributed by atoms with Gasteiger partial charge in [-0.1, -0.05) is 48.5 Å². The lowest BCUT2D eigenvalue weighted by Gasteiger charge is -2.11. The number of rotatable bonds is 8. The minimum absolute atomic E-state index is 0.169. The molecule has 0 atom stereocenters. The Morgan fingerprint density at radius 1 is 0.889 bits per heavy atom. The van der Waals surface area contributed by atoms with Crippen molar-refractivity contribution in [2.75, 3.05) is 26.1 Å². The number of fused-ring (bicyclic) bond motifs is 1. The number of carbonyl (C=O) groups excluding carboxylic acids is 1. The summed E-state index contributed by atoms with van der Waals surface area (Å²) < 4.78 is 21.9. The largest absolute Gasteiger partial charge is 0.497 e. The normalized spacial score (nSPS) is 10.7. The molecule has 0 unspecified atom stereocenters. The van der Waals surface area contributed by atoms with Crippen LogP contribution in [0.3, 0.4) is 0 Å². The SMILES string of the molecule is COC(=O)COc1cccc(Nc2nccc3oc(-c4ccccc4)c(-c4ccc(OC)cc4)c23)c1. The minimum atomic E-state index is -0.448. The third-order valence-corrected chi connectivity index (χ3v) is 5.70. The highest BCUT2D eigenvalue weighted by molar-refractivity contribution is 6.07. The summed E-state index contributed by atoms with van der Waals surface area (Å²) >= 11 is 0. The highest BCUT2D eigenvalue weighted by Gasteiger charge is 2.21. The summed E-state index contributed by atoms with van der Waals surface area (Å²) in [6.45, 7) is -0.169. The van der Waals surface area contributed by atoms with Gasteiger partial charge in [0, 0.05) is 29.1 Å². The Bertz CT molecular complexity index is 1490. The molecule has 7 heteroatoms. The molecule has 0 saturated heterocycles. The highest BCUT2D eigenvalue weighted by Crippen LogP contribution is 2.44. The quantitative estimate of drug-likeness (QED) is 0.255. The predicted molar refractivity (Wildman–Crippen MR) is 139 cm³/mol. The second-order valence-electron chi connectivity index (χ2n) is 7.95. The second-order valence-corrected chi connectivity index (χ2v) is 7.95. The van der Waals surface area contributed by atoms with E-state index in [9.17, 15) is 4.79 Å². The van der Waals surface area contributed by atoms with Crippen LogP contribution in [0.1, 0.15) is 0 Å². The molecule has 0 spiro atoms. The first-order valence-corrected chi connectivity index (χ1v) is 11.3. The van der Waals surface area contributed by atoms with Crippen LogP contribution < -0.4 is 14.8 Å². The van der Waals surface area contributed by atoms with Crippen molar-refractivity contribution < 1.29 is 23.4 Å². The van der Waals surface area contributed by atoms with Gasteiger partial charge in [0.2, 0.25) is 0 Å². The van der Waals surface area contributed by atoms with Gasteiger partial charge in [-0.05, 0) is 35.9 Å². The number of pyridine rings is 1. The Morgan fingerprint density at radius 2 is 1.69 bits per heavy atom. The van der Waals surface area contributed by atoms with Crippen LogP contribution in [0.2, 0.25) is 0 Å². The van der Waals surface area contributed by atoms with Crippen molar-refractivity contribution in [2.24, 2.45) is 0 Å². The van der Waals surface area contributed by atoms with Gasteiger partial charge in [0.05, 0.1) is 19.6 Å². The van der Waals surface area contributed by atoms with Gasteiger partial charge in [0.25, 0.3) is 0 Å². The number of furan rings is 1.